The van der Waals surface area contributed by atoms with E-state index in [-0.39, 0.29) is 18.2 Å². The summed E-state index contributed by atoms with van der Waals surface area (Å²) in [7, 11) is 0. The number of non-ortho nitro benzene ring substituents is 1. The maximum absolute atomic E-state index is 11.4. The highest BCUT2D eigenvalue weighted by Crippen LogP contribution is 2.22. The number of benzene rings is 1. The van der Waals surface area contributed by atoms with Crippen LogP contribution in [-0.2, 0) is 4.79 Å². The van der Waals surface area contributed by atoms with Gasteiger partial charge in [0.1, 0.15) is 5.75 Å². The van der Waals surface area contributed by atoms with Gasteiger partial charge in [-0.3, -0.25) is 14.9 Å². The second-order valence-electron chi connectivity index (χ2n) is 4.20. The van der Waals surface area contributed by atoms with E-state index in [0.717, 1.165) is 12.8 Å². The fourth-order valence-electron chi connectivity index (χ4n) is 1.51. The van der Waals surface area contributed by atoms with Crippen LogP contribution in [0.15, 0.2) is 18.2 Å². The van der Waals surface area contributed by atoms with Crippen LogP contribution in [0.4, 0.5) is 5.69 Å². The predicted molar refractivity (Wildman–Crippen MR) is 71.2 cm³/mol. The van der Waals surface area contributed by atoms with E-state index in [0.29, 0.717) is 17.9 Å². The highest BCUT2D eigenvalue weighted by molar-refractivity contribution is 5.77. The molecule has 0 radical (unpaired) electrons. The third kappa shape index (κ3) is 4.95. The van der Waals surface area contributed by atoms with Crippen molar-refractivity contribution >= 4 is 11.6 Å². The molecule has 0 aliphatic carbocycles. The number of rotatable bonds is 7. The largest absolute Gasteiger partial charge is 0.484 e. The molecule has 0 unspecified atom stereocenters. The third-order valence-electron chi connectivity index (χ3n) is 2.58. The number of hydrogen-bond donors (Lipinski definition) is 1. The van der Waals surface area contributed by atoms with Crippen molar-refractivity contribution in [1.82, 2.24) is 5.32 Å². The summed E-state index contributed by atoms with van der Waals surface area (Å²) < 4.78 is 5.33. The average molecular weight is 266 g/mol. The minimum absolute atomic E-state index is 0.0113. The highest BCUT2D eigenvalue weighted by Gasteiger charge is 2.10. The van der Waals surface area contributed by atoms with Gasteiger partial charge >= 0.3 is 0 Å². The zero-order valence-corrected chi connectivity index (χ0v) is 11.1. The van der Waals surface area contributed by atoms with E-state index >= 15 is 0 Å². The number of carbonyl (C=O) groups excluding carboxylic acids is 1. The molecule has 0 saturated carbocycles. The molecule has 6 heteroatoms. The quantitative estimate of drug-likeness (QED) is 0.466. The number of nitro benzene ring substituents is 1. The van der Waals surface area contributed by atoms with E-state index < -0.39 is 4.92 Å². The summed E-state index contributed by atoms with van der Waals surface area (Å²) >= 11 is 0. The normalized spacial score (nSPS) is 10.0. The topological polar surface area (TPSA) is 81.5 Å². The molecule has 0 atom stereocenters. The number of unbranched alkanes of at least 4 members (excludes halogenated alkanes) is 1. The van der Waals surface area contributed by atoms with Crippen LogP contribution in [0.2, 0.25) is 0 Å². The molecule has 1 aromatic carbocycles. The van der Waals surface area contributed by atoms with E-state index in [1.807, 2.05) is 6.92 Å². The Morgan fingerprint density at radius 1 is 1.47 bits per heavy atom. The van der Waals surface area contributed by atoms with Crippen LogP contribution in [0.1, 0.15) is 25.3 Å². The predicted octanol–water partition coefficient (Wildman–Crippen LogP) is 2.20. The molecule has 104 valence electrons. The summed E-state index contributed by atoms with van der Waals surface area (Å²) in [6.07, 6.45) is 1.95. The van der Waals surface area contributed by atoms with Gasteiger partial charge in [0.05, 0.1) is 4.92 Å². The summed E-state index contributed by atoms with van der Waals surface area (Å²) in [4.78, 5) is 21.5. The van der Waals surface area contributed by atoms with Gasteiger partial charge in [-0.2, -0.15) is 0 Å². The van der Waals surface area contributed by atoms with Gasteiger partial charge in [0.2, 0.25) is 0 Å². The number of nitrogens with zero attached hydrogens (tertiary/aromatic N) is 1. The molecule has 0 saturated heterocycles. The lowest BCUT2D eigenvalue weighted by Gasteiger charge is -2.09. The highest BCUT2D eigenvalue weighted by atomic mass is 16.6. The molecule has 0 aliphatic rings. The SMILES string of the molecule is CCCCNC(=O)COc1ccc([N+](=O)[O-])cc1C. The molecule has 1 amide bonds. The first kappa shape index (κ1) is 14.9. The monoisotopic (exact) mass is 266 g/mol. The van der Waals surface area contributed by atoms with Crippen molar-refractivity contribution < 1.29 is 14.5 Å². The molecule has 6 nitrogen and oxygen atoms in total. The fraction of sp³-hybridized carbons (Fsp3) is 0.462. The average Bonchev–Trinajstić information content (AvgIpc) is 2.37. The Balaban J connectivity index is 2.49. The van der Waals surface area contributed by atoms with E-state index in [1.165, 1.54) is 18.2 Å². The van der Waals surface area contributed by atoms with Crippen LogP contribution >= 0.6 is 0 Å². The Morgan fingerprint density at radius 3 is 2.79 bits per heavy atom. The van der Waals surface area contributed by atoms with E-state index in [1.54, 1.807) is 6.92 Å². The molecule has 1 aromatic rings. The number of nitrogens with one attached hydrogen (secondary N) is 1. The number of hydrogen-bond acceptors (Lipinski definition) is 4. The molecule has 1 N–H and O–H groups in total. The van der Waals surface area contributed by atoms with Crippen LogP contribution in [0, 0.1) is 17.0 Å². The van der Waals surface area contributed by atoms with Crippen LogP contribution in [0.5, 0.6) is 5.75 Å². The van der Waals surface area contributed by atoms with E-state index in [2.05, 4.69) is 5.32 Å². The molecule has 0 fully saturated rings. The van der Waals surface area contributed by atoms with Gasteiger partial charge in [0.25, 0.3) is 11.6 Å². The summed E-state index contributed by atoms with van der Waals surface area (Å²) in [5, 5.41) is 13.3. The molecular formula is C13H18N2O4. The molecule has 0 bridgehead atoms. The van der Waals surface area contributed by atoms with E-state index in [4.69, 9.17) is 4.74 Å². The number of amides is 1. The molecule has 0 aromatic heterocycles. The van der Waals surface area contributed by atoms with Gasteiger partial charge in [0, 0.05) is 18.7 Å². The molecular weight excluding hydrogens is 248 g/mol. The van der Waals surface area contributed by atoms with E-state index in [9.17, 15) is 14.9 Å². The maximum Gasteiger partial charge on any atom is 0.269 e. The first-order valence-electron chi connectivity index (χ1n) is 6.19. The van der Waals surface area contributed by atoms with Crippen molar-refractivity contribution in [3.63, 3.8) is 0 Å². The van der Waals surface area contributed by atoms with Crippen molar-refractivity contribution in [2.45, 2.75) is 26.7 Å². The minimum Gasteiger partial charge on any atom is -0.484 e. The van der Waals surface area contributed by atoms with Gasteiger partial charge in [-0.05, 0) is 25.0 Å². The molecule has 19 heavy (non-hydrogen) atoms. The summed E-state index contributed by atoms with van der Waals surface area (Å²) in [5.41, 5.74) is 0.646. The van der Waals surface area contributed by atoms with Gasteiger partial charge in [0.15, 0.2) is 6.61 Å². The third-order valence-corrected chi connectivity index (χ3v) is 2.58. The van der Waals surface area contributed by atoms with Gasteiger partial charge in [-0.1, -0.05) is 13.3 Å². The number of nitro groups is 1. The zero-order chi connectivity index (χ0) is 14.3. The molecule has 0 heterocycles. The Morgan fingerprint density at radius 2 is 2.21 bits per heavy atom. The van der Waals surface area contributed by atoms with Crippen LogP contribution in [0.3, 0.4) is 0 Å². The molecule has 1 rings (SSSR count). The van der Waals surface area contributed by atoms with Crippen molar-refractivity contribution in [3.8, 4) is 5.75 Å². The Hall–Kier alpha value is -2.11. The van der Waals surface area contributed by atoms with Crippen LogP contribution < -0.4 is 10.1 Å². The van der Waals surface area contributed by atoms with Crippen molar-refractivity contribution in [2.75, 3.05) is 13.2 Å². The number of carbonyl (C=O) groups is 1. The van der Waals surface area contributed by atoms with Crippen molar-refractivity contribution in [3.05, 3.63) is 33.9 Å². The smallest absolute Gasteiger partial charge is 0.269 e. The minimum atomic E-state index is -0.464. The Kier molecular flexibility index (Phi) is 5.78. The lowest BCUT2D eigenvalue weighted by Crippen LogP contribution is -2.29. The fourth-order valence-corrected chi connectivity index (χ4v) is 1.51. The second-order valence-corrected chi connectivity index (χ2v) is 4.20. The molecule has 0 aliphatic heterocycles. The molecule has 0 spiro atoms. The van der Waals surface area contributed by atoms with Gasteiger partial charge in [-0.25, -0.2) is 0 Å². The summed E-state index contributed by atoms with van der Waals surface area (Å²) in [6.45, 7) is 4.31. The summed E-state index contributed by atoms with van der Waals surface area (Å²) in [5.74, 6) is 0.294. The van der Waals surface area contributed by atoms with Gasteiger partial charge < -0.3 is 10.1 Å². The zero-order valence-electron chi connectivity index (χ0n) is 11.1. The van der Waals surface area contributed by atoms with Crippen LogP contribution in [0.25, 0.3) is 0 Å². The first-order valence-corrected chi connectivity index (χ1v) is 6.19. The lowest BCUT2D eigenvalue weighted by atomic mass is 10.2. The Labute approximate surface area is 111 Å². The van der Waals surface area contributed by atoms with Crippen molar-refractivity contribution in [2.24, 2.45) is 0 Å². The lowest BCUT2D eigenvalue weighted by molar-refractivity contribution is -0.384. The second kappa shape index (κ2) is 7.35. The van der Waals surface area contributed by atoms with Gasteiger partial charge in [-0.15, -0.1) is 0 Å². The maximum atomic E-state index is 11.4. The van der Waals surface area contributed by atoms with Crippen LogP contribution in [-0.4, -0.2) is 24.0 Å². The standard InChI is InChI=1S/C13H18N2O4/c1-3-4-7-14-13(16)9-19-12-6-5-11(15(17)18)8-10(12)2/h5-6,8H,3-4,7,9H2,1-2H3,(H,14,16). The first-order chi connectivity index (χ1) is 9.04. The Bertz CT molecular complexity index is 460. The number of aryl methyl sites for hydroxylation is 1. The van der Waals surface area contributed by atoms with Crippen molar-refractivity contribution in [1.29, 1.82) is 0 Å². The summed E-state index contributed by atoms with van der Waals surface area (Å²) in [6, 6.07) is 4.29. The number of ether oxygens (including phenoxy) is 1.